The standard InChI is InChI=1S/C73H118O6/c1-4-7-10-13-16-19-22-25-27-29-31-32-33-34-35-36-37-38-39-40-42-43-45-48-51-54-57-60-63-66-72(75)78-69-70(68-77-71(74)65-62-59-56-53-50-47-24-21-18-15-12-9-6-3)79-73(76)67-64-61-58-55-52-49-46-44-41-30-28-26-23-20-17-14-11-8-5-2/h7,10,12,15-17,19-21,24-28,31-32,34-35,37-38,40,42,45,48,70H,4-6,8-9,11,13-14,18,22-23,29-30,33,36,39,41,43-44,46-47,49-69H2,1-3H3/b10-7-,15-12-,19-16-,20-17-,24-21-,27-25-,28-26-,32-31-,35-34-,38-37-,42-40-,48-45-. The SMILES string of the molecule is CC/C=C\C/C=C\C/C=C\C/C=C\C/C=C\C/C=C\C/C=C\C/C=C\CCCCCCC(=O)OCC(COC(=O)CCCCCCC/C=C\C/C=C\CCC)OC(=O)CCCCCCCCCCC/C=C\C/C=C\CCCCC. The van der Waals surface area contributed by atoms with E-state index >= 15 is 0 Å². The van der Waals surface area contributed by atoms with Crippen molar-refractivity contribution in [2.24, 2.45) is 0 Å². The fourth-order valence-electron chi connectivity index (χ4n) is 8.47. The Bertz CT molecular complexity index is 1730. The second-order valence-corrected chi connectivity index (χ2v) is 20.9. The van der Waals surface area contributed by atoms with Crippen molar-refractivity contribution in [3.8, 4) is 0 Å². The van der Waals surface area contributed by atoms with Crippen LogP contribution in [0.5, 0.6) is 0 Å². The fraction of sp³-hybridized carbons (Fsp3) is 0.630. The van der Waals surface area contributed by atoms with E-state index < -0.39 is 6.10 Å². The maximum Gasteiger partial charge on any atom is 0.306 e. The number of esters is 3. The number of ether oxygens (including phenoxy) is 3. The molecule has 1 atom stereocenters. The lowest BCUT2D eigenvalue weighted by Crippen LogP contribution is -2.30. The fourth-order valence-corrected chi connectivity index (χ4v) is 8.47. The van der Waals surface area contributed by atoms with Crippen molar-refractivity contribution < 1.29 is 28.6 Å². The summed E-state index contributed by atoms with van der Waals surface area (Å²) in [5.74, 6) is -0.943. The van der Waals surface area contributed by atoms with Gasteiger partial charge in [-0.3, -0.25) is 14.4 Å². The van der Waals surface area contributed by atoms with Crippen molar-refractivity contribution in [2.75, 3.05) is 13.2 Å². The Morgan fingerprint density at radius 2 is 0.519 bits per heavy atom. The minimum absolute atomic E-state index is 0.0998. The van der Waals surface area contributed by atoms with Crippen LogP contribution in [-0.2, 0) is 28.6 Å². The van der Waals surface area contributed by atoms with Gasteiger partial charge in [0.2, 0.25) is 0 Å². The quantitative estimate of drug-likeness (QED) is 0.0261. The van der Waals surface area contributed by atoms with Crippen molar-refractivity contribution >= 4 is 17.9 Å². The van der Waals surface area contributed by atoms with Crippen LogP contribution in [0.1, 0.15) is 278 Å². The molecule has 0 aliphatic heterocycles. The van der Waals surface area contributed by atoms with Gasteiger partial charge >= 0.3 is 17.9 Å². The Balaban J connectivity index is 4.41. The molecule has 0 aliphatic rings. The zero-order chi connectivity index (χ0) is 57.1. The van der Waals surface area contributed by atoms with E-state index in [4.69, 9.17) is 14.2 Å². The molecule has 6 nitrogen and oxygen atoms in total. The van der Waals surface area contributed by atoms with E-state index in [9.17, 15) is 14.4 Å². The van der Waals surface area contributed by atoms with Gasteiger partial charge in [-0.25, -0.2) is 0 Å². The van der Waals surface area contributed by atoms with Crippen LogP contribution in [0, 0.1) is 0 Å². The highest BCUT2D eigenvalue weighted by molar-refractivity contribution is 5.71. The first kappa shape index (κ1) is 74.3. The Morgan fingerprint density at radius 1 is 0.266 bits per heavy atom. The summed E-state index contributed by atoms with van der Waals surface area (Å²) in [5.41, 5.74) is 0. The van der Waals surface area contributed by atoms with Crippen LogP contribution in [-0.4, -0.2) is 37.2 Å². The molecule has 0 aromatic heterocycles. The molecule has 0 amide bonds. The summed E-state index contributed by atoms with van der Waals surface area (Å²) < 4.78 is 16.9. The molecular weight excluding hydrogens is 973 g/mol. The van der Waals surface area contributed by atoms with Gasteiger partial charge in [0.25, 0.3) is 0 Å². The molecule has 0 N–H and O–H groups in total. The van der Waals surface area contributed by atoms with E-state index in [1.54, 1.807) is 0 Å². The van der Waals surface area contributed by atoms with E-state index in [2.05, 4.69) is 167 Å². The number of carbonyl (C=O) groups is 3. The normalized spacial score (nSPS) is 13.1. The smallest absolute Gasteiger partial charge is 0.306 e. The molecule has 6 heteroatoms. The third-order valence-electron chi connectivity index (χ3n) is 13.3. The number of allylic oxidation sites excluding steroid dienone is 24. The molecule has 0 saturated carbocycles. The Labute approximate surface area is 487 Å². The molecule has 0 aromatic carbocycles. The summed E-state index contributed by atoms with van der Waals surface area (Å²) in [6.07, 6.45) is 94.2. The van der Waals surface area contributed by atoms with Gasteiger partial charge in [0.05, 0.1) is 0 Å². The second-order valence-electron chi connectivity index (χ2n) is 20.9. The van der Waals surface area contributed by atoms with Crippen molar-refractivity contribution in [2.45, 2.75) is 284 Å². The lowest BCUT2D eigenvalue weighted by atomic mass is 10.1. The van der Waals surface area contributed by atoms with Crippen LogP contribution in [0.25, 0.3) is 0 Å². The van der Waals surface area contributed by atoms with E-state index in [1.807, 2.05) is 0 Å². The van der Waals surface area contributed by atoms with E-state index in [0.29, 0.717) is 19.3 Å². The Hall–Kier alpha value is -4.71. The molecule has 446 valence electrons. The molecule has 0 aromatic rings. The van der Waals surface area contributed by atoms with Crippen molar-refractivity contribution in [3.63, 3.8) is 0 Å². The average molecular weight is 1090 g/mol. The molecule has 79 heavy (non-hydrogen) atoms. The number of carbonyl (C=O) groups excluding carboxylic acids is 3. The lowest BCUT2D eigenvalue weighted by molar-refractivity contribution is -0.167. The van der Waals surface area contributed by atoms with Crippen LogP contribution in [0.3, 0.4) is 0 Å². The van der Waals surface area contributed by atoms with Gasteiger partial charge < -0.3 is 14.2 Å². The number of rotatable bonds is 57. The highest BCUT2D eigenvalue weighted by Crippen LogP contribution is 2.15. The van der Waals surface area contributed by atoms with Gasteiger partial charge in [0.15, 0.2) is 6.10 Å². The summed E-state index contributed by atoms with van der Waals surface area (Å²) >= 11 is 0. The number of hydrogen-bond acceptors (Lipinski definition) is 6. The van der Waals surface area contributed by atoms with E-state index in [-0.39, 0.29) is 31.1 Å². The average Bonchev–Trinajstić information content (AvgIpc) is 3.45. The maximum atomic E-state index is 12.9. The lowest BCUT2D eigenvalue weighted by Gasteiger charge is -2.18. The summed E-state index contributed by atoms with van der Waals surface area (Å²) in [6.45, 7) is 6.40. The van der Waals surface area contributed by atoms with Crippen LogP contribution in [0.15, 0.2) is 146 Å². The highest BCUT2D eigenvalue weighted by Gasteiger charge is 2.19. The predicted octanol–water partition coefficient (Wildman–Crippen LogP) is 22.3. The van der Waals surface area contributed by atoms with Crippen molar-refractivity contribution in [1.82, 2.24) is 0 Å². The summed E-state index contributed by atoms with van der Waals surface area (Å²) in [6, 6.07) is 0. The van der Waals surface area contributed by atoms with Crippen molar-refractivity contribution in [3.05, 3.63) is 146 Å². The van der Waals surface area contributed by atoms with Gasteiger partial charge in [-0.1, -0.05) is 263 Å². The number of hydrogen-bond donors (Lipinski definition) is 0. The Kier molecular flexibility index (Phi) is 61.9. The zero-order valence-corrected chi connectivity index (χ0v) is 51.1. The Morgan fingerprint density at radius 3 is 0.823 bits per heavy atom. The summed E-state index contributed by atoms with van der Waals surface area (Å²) in [4.78, 5) is 38.3. The van der Waals surface area contributed by atoms with Crippen LogP contribution >= 0.6 is 0 Å². The minimum Gasteiger partial charge on any atom is -0.462 e. The first-order valence-corrected chi connectivity index (χ1v) is 32.3. The van der Waals surface area contributed by atoms with Crippen molar-refractivity contribution in [1.29, 1.82) is 0 Å². The monoisotopic (exact) mass is 1090 g/mol. The first-order valence-electron chi connectivity index (χ1n) is 32.3. The molecule has 0 aliphatic carbocycles. The molecular formula is C73H118O6. The topological polar surface area (TPSA) is 78.9 Å². The summed E-state index contributed by atoms with van der Waals surface area (Å²) in [7, 11) is 0. The maximum absolute atomic E-state index is 12.9. The van der Waals surface area contributed by atoms with E-state index in [0.717, 1.165) is 161 Å². The highest BCUT2D eigenvalue weighted by atomic mass is 16.6. The molecule has 1 unspecified atom stereocenters. The number of unbranched alkanes of at least 4 members (excludes halogenated alkanes) is 22. The molecule has 0 saturated heterocycles. The first-order chi connectivity index (χ1) is 39.0. The van der Waals surface area contributed by atoms with Crippen LogP contribution in [0.4, 0.5) is 0 Å². The van der Waals surface area contributed by atoms with Crippen LogP contribution < -0.4 is 0 Å². The molecule has 0 bridgehead atoms. The molecule has 0 rings (SSSR count). The second kappa shape index (κ2) is 65.8. The molecule has 0 spiro atoms. The largest absolute Gasteiger partial charge is 0.462 e. The minimum atomic E-state index is -0.804. The zero-order valence-electron chi connectivity index (χ0n) is 51.1. The van der Waals surface area contributed by atoms with Crippen LogP contribution in [0.2, 0.25) is 0 Å². The molecule has 0 radical (unpaired) electrons. The third kappa shape index (κ3) is 64.0. The van der Waals surface area contributed by atoms with E-state index in [1.165, 1.54) is 77.0 Å². The van der Waals surface area contributed by atoms with Gasteiger partial charge in [-0.2, -0.15) is 0 Å². The molecule has 0 heterocycles. The molecule has 0 fully saturated rings. The predicted molar refractivity (Wildman–Crippen MR) is 343 cm³/mol. The third-order valence-corrected chi connectivity index (χ3v) is 13.3. The summed E-state index contributed by atoms with van der Waals surface area (Å²) in [5, 5.41) is 0. The van der Waals surface area contributed by atoms with Gasteiger partial charge in [0.1, 0.15) is 13.2 Å². The van der Waals surface area contributed by atoms with Gasteiger partial charge in [0, 0.05) is 19.3 Å². The van der Waals surface area contributed by atoms with Gasteiger partial charge in [-0.15, -0.1) is 0 Å². The van der Waals surface area contributed by atoms with Gasteiger partial charge in [-0.05, 0) is 141 Å².